The second kappa shape index (κ2) is 6.94. The molecule has 0 aliphatic heterocycles. The molecule has 18 heavy (non-hydrogen) atoms. The van der Waals surface area contributed by atoms with E-state index in [1.54, 1.807) is 24.1 Å². The highest BCUT2D eigenvalue weighted by atomic mass is 127. The number of amides is 1. The van der Waals surface area contributed by atoms with Crippen molar-refractivity contribution in [2.45, 2.75) is 19.9 Å². The van der Waals surface area contributed by atoms with E-state index >= 15 is 0 Å². The SMILES string of the molecule is COCCN(C(=O)c1ccc(I)c(O)c1)C(C)C. The minimum absolute atomic E-state index is 0.0891. The third kappa shape index (κ3) is 3.84. The molecule has 1 aromatic carbocycles. The van der Waals surface area contributed by atoms with Gasteiger partial charge in [0.1, 0.15) is 5.75 Å². The van der Waals surface area contributed by atoms with Crippen LogP contribution in [0.25, 0.3) is 0 Å². The summed E-state index contributed by atoms with van der Waals surface area (Å²) in [4.78, 5) is 14.0. The smallest absolute Gasteiger partial charge is 0.254 e. The summed E-state index contributed by atoms with van der Waals surface area (Å²) < 4.78 is 5.74. The van der Waals surface area contributed by atoms with E-state index in [4.69, 9.17) is 4.74 Å². The largest absolute Gasteiger partial charge is 0.507 e. The van der Waals surface area contributed by atoms with E-state index in [9.17, 15) is 9.90 Å². The molecule has 0 unspecified atom stereocenters. The van der Waals surface area contributed by atoms with Crippen molar-refractivity contribution >= 4 is 28.5 Å². The van der Waals surface area contributed by atoms with Crippen LogP contribution in [-0.2, 0) is 4.74 Å². The highest BCUT2D eigenvalue weighted by Crippen LogP contribution is 2.21. The van der Waals surface area contributed by atoms with Crippen LogP contribution < -0.4 is 0 Å². The zero-order valence-electron chi connectivity index (χ0n) is 10.8. The van der Waals surface area contributed by atoms with Crippen LogP contribution in [0.15, 0.2) is 18.2 Å². The lowest BCUT2D eigenvalue weighted by Gasteiger charge is -2.26. The van der Waals surface area contributed by atoms with Gasteiger partial charge < -0.3 is 14.7 Å². The molecule has 1 rings (SSSR count). The first-order chi connectivity index (χ1) is 8.47. The predicted octanol–water partition coefficient (Wildman–Crippen LogP) is 2.49. The first kappa shape index (κ1) is 15.2. The molecule has 0 aromatic heterocycles. The molecule has 0 spiro atoms. The molecule has 0 saturated heterocycles. The number of aromatic hydroxyl groups is 1. The van der Waals surface area contributed by atoms with Gasteiger partial charge in [-0.1, -0.05) is 0 Å². The van der Waals surface area contributed by atoms with Crippen LogP contribution in [0.3, 0.4) is 0 Å². The first-order valence-electron chi connectivity index (χ1n) is 5.75. The fraction of sp³-hybridized carbons (Fsp3) is 0.462. The van der Waals surface area contributed by atoms with Crippen LogP contribution in [0.5, 0.6) is 5.75 Å². The van der Waals surface area contributed by atoms with E-state index in [2.05, 4.69) is 0 Å². The summed E-state index contributed by atoms with van der Waals surface area (Å²) in [7, 11) is 1.61. The zero-order chi connectivity index (χ0) is 13.7. The number of carbonyl (C=O) groups is 1. The van der Waals surface area contributed by atoms with Crippen LogP contribution in [0.2, 0.25) is 0 Å². The second-order valence-electron chi connectivity index (χ2n) is 4.25. The molecule has 1 amide bonds. The zero-order valence-corrected chi connectivity index (χ0v) is 13.0. The summed E-state index contributed by atoms with van der Waals surface area (Å²) in [6.07, 6.45) is 0. The molecule has 0 radical (unpaired) electrons. The van der Waals surface area contributed by atoms with Crippen molar-refractivity contribution in [3.05, 3.63) is 27.3 Å². The summed E-state index contributed by atoms with van der Waals surface area (Å²) in [6, 6.07) is 5.06. The van der Waals surface area contributed by atoms with Gasteiger partial charge in [-0.3, -0.25) is 4.79 Å². The molecule has 0 saturated carbocycles. The molecule has 0 aliphatic rings. The van der Waals surface area contributed by atoms with Crippen molar-refractivity contribution in [1.29, 1.82) is 0 Å². The van der Waals surface area contributed by atoms with Gasteiger partial charge in [0.25, 0.3) is 5.91 Å². The van der Waals surface area contributed by atoms with Gasteiger partial charge in [0.05, 0.1) is 10.2 Å². The first-order valence-corrected chi connectivity index (χ1v) is 6.83. The number of nitrogens with zero attached hydrogens (tertiary/aromatic N) is 1. The second-order valence-corrected chi connectivity index (χ2v) is 5.41. The van der Waals surface area contributed by atoms with Gasteiger partial charge in [0, 0.05) is 25.3 Å². The van der Waals surface area contributed by atoms with Gasteiger partial charge in [0.15, 0.2) is 0 Å². The highest BCUT2D eigenvalue weighted by molar-refractivity contribution is 14.1. The molecule has 0 bridgehead atoms. The number of benzene rings is 1. The molecule has 0 fully saturated rings. The number of phenols is 1. The number of hydrogen-bond donors (Lipinski definition) is 1. The fourth-order valence-electron chi connectivity index (χ4n) is 1.60. The summed E-state index contributed by atoms with van der Waals surface area (Å²) in [5.41, 5.74) is 0.498. The number of hydrogen-bond acceptors (Lipinski definition) is 3. The summed E-state index contributed by atoms with van der Waals surface area (Å²) in [6.45, 7) is 4.96. The fourth-order valence-corrected chi connectivity index (χ4v) is 1.93. The van der Waals surface area contributed by atoms with Crippen molar-refractivity contribution in [2.75, 3.05) is 20.3 Å². The van der Waals surface area contributed by atoms with Gasteiger partial charge in [0.2, 0.25) is 0 Å². The lowest BCUT2D eigenvalue weighted by atomic mass is 10.1. The minimum atomic E-state index is -0.0891. The molecule has 1 N–H and O–H groups in total. The van der Waals surface area contributed by atoms with E-state index in [-0.39, 0.29) is 17.7 Å². The van der Waals surface area contributed by atoms with Crippen LogP contribution in [0, 0.1) is 3.57 Å². The van der Waals surface area contributed by atoms with Crippen molar-refractivity contribution in [2.24, 2.45) is 0 Å². The molecule has 0 heterocycles. The number of carbonyl (C=O) groups excluding carboxylic acids is 1. The Balaban J connectivity index is 2.91. The van der Waals surface area contributed by atoms with Gasteiger partial charge in [-0.15, -0.1) is 0 Å². The molecule has 0 atom stereocenters. The van der Waals surface area contributed by atoms with E-state index < -0.39 is 0 Å². The van der Waals surface area contributed by atoms with Gasteiger partial charge in [-0.2, -0.15) is 0 Å². The molecule has 0 aliphatic carbocycles. The third-order valence-corrected chi connectivity index (χ3v) is 3.53. The molecular weight excluding hydrogens is 345 g/mol. The maximum atomic E-state index is 12.3. The molecule has 1 aromatic rings. The maximum absolute atomic E-state index is 12.3. The third-order valence-electron chi connectivity index (χ3n) is 2.61. The van der Waals surface area contributed by atoms with Crippen molar-refractivity contribution in [3.63, 3.8) is 0 Å². The number of methoxy groups -OCH3 is 1. The molecule has 4 nitrogen and oxygen atoms in total. The van der Waals surface area contributed by atoms with Crippen LogP contribution in [0.1, 0.15) is 24.2 Å². The summed E-state index contributed by atoms with van der Waals surface area (Å²) >= 11 is 2.02. The van der Waals surface area contributed by atoms with Gasteiger partial charge in [-0.25, -0.2) is 0 Å². The molecule has 5 heteroatoms. The minimum Gasteiger partial charge on any atom is -0.507 e. The Morgan fingerprint density at radius 3 is 2.67 bits per heavy atom. The normalized spacial score (nSPS) is 10.7. The average molecular weight is 363 g/mol. The standard InChI is InChI=1S/C13H18INO3/c1-9(2)15(6-7-18-3)13(17)10-4-5-11(14)12(16)8-10/h4-5,8-9,16H,6-7H2,1-3H3. The number of halogens is 1. The monoisotopic (exact) mass is 363 g/mol. The Kier molecular flexibility index (Phi) is 5.87. The quantitative estimate of drug-likeness (QED) is 0.818. The Morgan fingerprint density at radius 2 is 2.17 bits per heavy atom. The Hall–Kier alpha value is -0.820. The van der Waals surface area contributed by atoms with Crippen LogP contribution >= 0.6 is 22.6 Å². The van der Waals surface area contributed by atoms with E-state index in [0.29, 0.717) is 18.7 Å². The number of rotatable bonds is 5. The van der Waals surface area contributed by atoms with Crippen molar-refractivity contribution in [3.8, 4) is 5.75 Å². The predicted molar refractivity (Wildman–Crippen MR) is 78.9 cm³/mol. The maximum Gasteiger partial charge on any atom is 0.254 e. The van der Waals surface area contributed by atoms with Crippen LogP contribution in [-0.4, -0.2) is 42.2 Å². The Labute approximate surface area is 121 Å². The lowest BCUT2D eigenvalue weighted by molar-refractivity contribution is 0.0634. The Morgan fingerprint density at radius 1 is 1.50 bits per heavy atom. The van der Waals surface area contributed by atoms with E-state index in [1.165, 1.54) is 6.07 Å². The topological polar surface area (TPSA) is 49.8 Å². The molecule has 100 valence electrons. The summed E-state index contributed by atoms with van der Waals surface area (Å²) in [5, 5.41) is 9.64. The summed E-state index contributed by atoms with van der Waals surface area (Å²) in [5.74, 6) is 0.0469. The van der Waals surface area contributed by atoms with Crippen LogP contribution in [0.4, 0.5) is 0 Å². The highest BCUT2D eigenvalue weighted by Gasteiger charge is 2.19. The van der Waals surface area contributed by atoms with Crippen molar-refractivity contribution < 1.29 is 14.6 Å². The van der Waals surface area contributed by atoms with Gasteiger partial charge >= 0.3 is 0 Å². The molecular formula is C13H18INO3. The van der Waals surface area contributed by atoms with E-state index in [1.807, 2.05) is 36.4 Å². The lowest BCUT2D eigenvalue weighted by Crippen LogP contribution is -2.39. The Bertz CT molecular complexity index is 421. The van der Waals surface area contributed by atoms with Gasteiger partial charge in [-0.05, 0) is 54.6 Å². The van der Waals surface area contributed by atoms with E-state index in [0.717, 1.165) is 3.57 Å². The van der Waals surface area contributed by atoms with Crippen molar-refractivity contribution in [1.82, 2.24) is 4.90 Å². The number of ether oxygens (including phenoxy) is 1. The average Bonchev–Trinajstić information content (AvgIpc) is 2.32. The number of phenolic OH excluding ortho intramolecular Hbond substituents is 1.